The second-order valence-corrected chi connectivity index (χ2v) is 5.02. The third-order valence-corrected chi connectivity index (χ3v) is 3.44. The fourth-order valence-corrected chi connectivity index (χ4v) is 2.36. The van der Waals surface area contributed by atoms with Crippen molar-refractivity contribution in [1.82, 2.24) is 4.98 Å². The molecule has 0 saturated heterocycles. The quantitative estimate of drug-likeness (QED) is 0.728. The summed E-state index contributed by atoms with van der Waals surface area (Å²) in [7, 11) is 1.62. The highest BCUT2D eigenvalue weighted by molar-refractivity contribution is 7.13. The maximum Gasteiger partial charge on any atom is 0.309 e. The second kappa shape index (κ2) is 7.49. The lowest BCUT2D eigenvalue weighted by molar-refractivity contribution is -0.136. The molecule has 1 aromatic heterocycles. The number of aromatic nitrogens is 1. The van der Waals surface area contributed by atoms with E-state index in [-0.39, 0.29) is 6.42 Å². The number of thiazole rings is 1. The van der Waals surface area contributed by atoms with Crippen LogP contribution < -0.4 is 14.8 Å². The summed E-state index contributed by atoms with van der Waals surface area (Å²) in [4.78, 5) is 14.7. The van der Waals surface area contributed by atoms with Gasteiger partial charge < -0.3 is 19.9 Å². The van der Waals surface area contributed by atoms with E-state index >= 15 is 0 Å². The Hall–Kier alpha value is -2.28. The molecule has 0 amide bonds. The van der Waals surface area contributed by atoms with Gasteiger partial charge in [-0.15, -0.1) is 11.3 Å². The van der Waals surface area contributed by atoms with E-state index in [0.717, 1.165) is 11.5 Å². The highest BCUT2D eigenvalue weighted by atomic mass is 32.1. The summed E-state index contributed by atoms with van der Waals surface area (Å²) in [6.07, 6.45) is -0.0550. The maximum absolute atomic E-state index is 10.6. The van der Waals surface area contributed by atoms with Gasteiger partial charge in [0.1, 0.15) is 18.1 Å². The van der Waals surface area contributed by atoms with E-state index in [1.54, 1.807) is 12.5 Å². The largest absolute Gasteiger partial charge is 0.497 e. The van der Waals surface area contributed by atoms with E-state index in [4.69, 9.17) is 14.6 Å². The van der Waals surface area contributed by atoms with Crippen LogP contribution in [0, 0.1) is 0 Å². The van der Waals surface area contributed by atoms with Crippen LogP contribution in [-0.4, -0.2) is 36.3 Å². The molecule has 1 aromatic carbocycles. The van der Waals surface area contributed by atoms with Crippen LogP contribution in [0.5, 0.6) is 11.5 Å². The molecule has 0 aliphatic carbocycles. The van der Waals surface area contributed by atoms with Crippen LogP contribution in [0.25, 0.3) is 0 Å². The van der Waals surface area contributed by atoms with Gasteiger partial charge in [0.2, 0.25) is 0 Å². The number of benzene rings is 1. The molecule has 112 valence electrons. The van der Waals surface area contributed by atoms with Crippen molar-refractivity contribution in [3.63, 3.8) is 0 Å². The summed E-state index contributed by atoms with van der Waals surface area (Å²) in [5, 5.41) is 14.2. The predicted molar refractivity (Wildman–Crippen MR) is 80.4 cm³/mol. The molecule has 21 heavy (non-hydrogen) atoms. The molecule has 0 aliphatic heterocycles. The topological polar surface area (TPSA) is 80.7 Å². The zero-order valence-electron chi connectivity index (χ0n) is 11.5. The number of nitrogens with one attached hydrogen (secondary N) is 1. The third kappa shape index (κ3) is 4.96. The van der Waals surface area contributed by atoms with Gasteiger partial charge in [0.15, 0.2) is 5.13 Å². The highest BCUT2D eigenvalue weighted by Gasteiger charge is 2.05. The van der Waals surface area contributed by atoms with E-state index in [0.29, 0.717) is 24.0 Å². The number of anilines is 1. The van der Waals surface area contributed by atoms with E-state index < -0.39 is 5.97 Å². The first kappa shape index (κ1) is 15.1. The smallest absolute Gasteiger partial charge is 0.309 e. The number of nitrogens with zero attached hydrogens (tertiary/aromatic N) is 1. The standard InChI is InChI=1S/C14H16N2O4S/c1-19-11-2-4-12(5-3-11)20-7-6-15-14-16-10(9-21-14)8-13(17)18/h2-5,9H,6-8H2,1H3,(H,15,16)(H,17,18). The number of aliphatic carboxylic acids is 1. The van der Waals surface area contributed by atoms with Gasteiger partial charge in [0, 0.05) is 5.38 Å². The molecule has 2 rings (SSSR count). The van der Waals surface area contributed by atoms with E-state index in [9.17, 15) is 4.79 Å². The van der Waals surface area contributed by atoms with Crippen molar-refractivity contribution in [1.29, 1.82) is 0 Å². The molecule has 7 heteroatoms. The van der Waals surface area contributed by atoms with Gasteiger partial charge in [-0.3, -0.25) is 4.79 Å². The molecule has 2 N–H and O–H groups in total. The molecule has 2 aromatic rings. The van der Waals surface area contributed by atoms with Crippen molar-refractivity contribution in [2.24, 2.45) is 0 Å². The number of rotatable bonds is 8. The fourth-order valence-electron chi connectivity index (χ4n) is 1.62. The van der Waals surface area contributed by atoms with E-state index in [2.05, 4.69) is 10.3 Å². The molecule has 0 radical (unpaired) electrons. The van der Waals surface area contributed by atoms with Crippen LogP contribution in [0.2, 0.25) is 0 Å². The summed E-state index contributed by atoms with van der Waals surface area (Å²) < 4.78 is 10.6. The van der Waals surface area contributed by atoms with Crippen molar-refractivity contribution in [2.45, 2.75) is 6.42 Å². The minimum atomic E-state index is -0.880. The summed E-state index contributed by atoms with van der Waals surface area (Å²) >= 11 is 1.39. The Morgan fingerprint density at radius 2 is 2.05 bits per heavy atom. The van der Waals surface area contributed by atoms with Crippen molar-refractivity contribution >= 4 is 22.4 Å². The van der Waals surface area contributed by atoms with Gasteiger partial charge >= 0.3 is 5.97 Å². The summed E-state index contributed by atoms with van der Waals surface area (Å²) in [5.74, 6) is 0.673. The van der Waals surface area contributed by atoms with Crippen LogP contribution in [0.1, 0.15) is 5.69 Å². The zero-order valence-corrected chi connectivity index (χ0v) is 12.4. The Morgan fingerprint density at radius 1 is 1.33 bits per heavy atom. The van der Waals surface area contributed by atoms with Gasteiger partial charge in [-0.05, 0) is 24.3 Å². The summed E-state index contributed by atoms with van der Waals surface area (Å²) in [5.41, 5.74) is 0.561. The molecule has 0 fully saturated rings. The molecule has 6 nitrogen and oxygen atoms in total. The maximum atomic E-state index is 10.6. The average molecular weight is 308 g/mol. The van der Waals surface area contributed by atoms with Crippen LogP contribution in [-0.2, 0) is 11.2 Å². The molecule has 0 spiro atoms. The first-order chi connectivity index (χ1) is 10.2. The molecular formula is C14H16N2O4S. The first-order valence-electron chi connectivity index (χ1n) is 6.34. The van der Waals surface area contributed by atoms with Gasteiger partial charge in [-0.1, -0.05) is 0 Å². The lowest BCUT2D eigenvalue weighted by Gasteiger charge is -2.07. The first-order valence-corrected chi connectivity index (χ1v) is 7.22. The molecule has 0 saturated carbocycles. The monoisotopic (exact) mass is 308 g/mol. The SMILES string of the molecule is COc1ccc(OCCNc2nc(CC(=O)O)cs2)cc1. The van der Waals surface area contributed by atoms with Crippen LogP contribution in [0.15, 0.2) is 29.6 Å². The number of methoxy groups -OCH3 is 1. The zero-order chi connectivity index (χ0) is 15.1. The molecule has 0 atom stereocenters. The number of carboxylic acids is 1. The van der Waals surface area contributed by atoms with Gasteiger partial charge in [0.25, 0.3) is 0 Å². The van der Waals surface area contributed by atoms with Crippen LogP contribution in [0.4, 0.5) is 5.13 Å². The third-order valence-electron chi connectivity index (χ3n) is 2.59. The molecular weight excluding hydrogens is 292 g/mol. The predicted octanol–water partition coefficient (Wildman–Crippen LogP) is 2.27. The molecule has 0 unspecified atom stereocenters. The minimum absolute atomic E-state index is 0.0550. The number of ether oxygens (including phenoxy) is 2. The van der Waals surface area contributed by atoms with Crippen molar-refractivity contribution < 1.29 is 19.4 Å². The molecule has 0 aliphatic rings. The Morgan fingerprint density at radius 3 is 2.71 bits per heavy atom. The molecule has 0 bridgehead atoms. The normalized spacial score (nSPS) is 10.1. The van der Waals surface area contributed by atoms with Gasteiger partial charge in [-0.2, -0.15) is 0 Å². The Balaban J connectivity index is 1.71. The Kier molecular flexibility index (Phi) is 5.39. The lowest BCUT2D eigenvalue weighted by atomic mass is 10.3. The second-order valence-electron chi connectivity index (χ2n) is 4.17. The van der Waals surface area contributed by atoms with Crippen molar-refractivity contribution in [3.8, 4) is 11.5 Å². The number of carboxylic acid groups (broad SMARTS) is 1. The van der Waals surface area contributed by atoms with Gasteiger partial charge in [0.05, 0.1) is 25.8 Å². The average Bonchev–Trinajstić information content (AvgIpc) is 2.91. The van der Waals surface area contributed by atoms with E-state index in [1.165, 1.54) is 11.3 Å². The van der Waals surface area contributed by atoms with Crippen molar-refractivity contribution in [3.05, 3.63) is 35.3 Å². The Bertz CT molecular complexity index is 583. The fraction of sp³-hybridized carbons (Fsp3) is 0.286. The highest BCUT2D eigenvalue weighted by Crippen LogP contribution is 2.17. The molecule has 1 heterocycles. The van der Waals surface area contributed by atoms with Gasteiger partial charge in [-0.25, -0.2) is 4.98 Å². The van der Waals surface area contributed by atoms with E-state index in [1.807, 2.05) is 24.3 Å². The summed E-state index contributed by atoms with van der Waals surface area (Å²) in [6, 6.07) is 7.35. The lowest BCUT2D eigenvalue weighted by Crippen LogP contribution is -2.11. The number of hydrogen-bond donors (Lipinski definition) is 2. The van der Waals surface area contributed by atoms with Crippen LogP contribution in [0.3, 0.4) is 0 Å². The van der Waals surface area contributed by atoms with Crippen LogP contribution >= 0.6 is 11.3 Å². The Labute approximate surface area is 126 Å². The number of carbonyl (C=O) groups is 1. The minimum Gasteiger partial charge on any atom is -0.497 e. The number of hydrogen-bond acceptors (Lipinski definition) is 6. The summed E-state index contributed by atoms with van der Waals surface area (Å²) in [6.45, 7) is 1.08. The van der Waals surface area contributed by atoms with Crippen molar-refractivity contribution in [2.75, 3.05) is 25.6 Å².